The molecule has 2 aromatic rings. The van der Waals surface area contributed by atoms with Crippen LogP contribution in [0.15, 0.2) is 48.5 Å². The Morgan fingerprint density at radius 3 is 2.00 bits per heavy atom. The summed E-state index contributed by atoms with van der Waals surface area (Å²) in [5.41, 5.74) is 14.1. The Balaban J connectivity index is 1.95. The van der Waals surface area contributed by atoms with E-state index >= 15 is 0 Å². The van der Waals surface area contributed by atoms with Crippen LogP contribution in [0.25, 0.3) is 0 Å². The van der Waals surface area contributed by atoms with Gasteiger partial charge in [0, 0.05) is 12.2 Å². The van der Waals surface area contributed by atoms with Gasteiger partial charge in [0.25, 0.3) is 0 Å². The lowest BCUT2D eigenvalue weighted by molar-refractivity contribution is 0.306. The van der Waals surface area contributed by atoms with E-state index in [1.54, 1.807) is 0 Å². The third-order valence-corrected chi connectivity index (χ3v) is 2.54. The summed E-state index contributed by atoms with van der Waals surface area (Å²) in [6, 6.07) is 15.5. The zero-order valence-electron chi connectivity index (χ0n) is 9.60. The largest absolute Gasteiger partial charge is 0.489 e. The molecule has 0 fully saturated rings. The highest BCUT2D eigenvalue weighted by atomic mass is 16.5. The van der Waals surface area contributed by atoms with Gasteiger partial charge in [0.2, 0.25) is 0 Å². The molecule has 0 heterocycles. The van der Waals surface area contributed by atoms with E-state index in [4.69, 9.17) is 16.2 Å². The molecule has 3 heteroatoms. The maximum Gasteiger partial charge on any atom is 0.119 e. The average Bonchev–Trinajstić information content (AvgIpc) is 2.39. The fourth-order valence-corrected chi connectivity index (χ4v) is 1.50. The molecule has 3 nitrogen and oxygen atoms in total. The van der Waals surface area contributed by atoms with Crippen LogP contribution in [0.1, 0.15) is 11.1 Å². The van der Waals surface area contributed by atoms with E-state index in [0.29, 0.717) is 13.2 Å². The second-order valence-electron chi connectivity index (χ2n) is 3.88. The molecule has 4 N–H and O–H groups in total. The van der Waals surface area contributed by atoms with Crippen molar-refractivity contribution >= 4 is 5.69 Å². The lowest BCUT2D eigenvalue weighted by Crippen LogP contribution is -1.98. The molecule has 0 aromatic heterocycles. The smallest absolute Gasteiger partial charge is 0.119 e. The Bertz CT molecular complexity index is 463. The van der Waals surface area contributed by atoms with Gasteiger partial charge in [-0.15, -0.1) is 0 Å². The van der Waals surface area contributed by atoms with Gasteiger partial charge in [-0.05, 0) is 35.4 Å². The lowest BCUT2D eigenvalue weighted by atomic mass is 10.2. The highest BCUT2D eigenvalue weighted by molar-refractivity contribution is 5.39. The Morgan fingerprint density at radius 2 is 1.41 bits per heavy atom. The van der Waals surface area contributed by atoms with Gasteiger partial charge in [-0.3, -0.25) is 0 Å². The molecule has 88 valence electrons. The van der Waals surface area contributed by atoms with Crippen LogP contribution in [-0.4, -0.2) is 0 Å². The fourth-order valence-electron chi connectivity index (χ4n) is 1.50. The molecule has 0 unspecified atom stereocenters. The van der Waals surface area contributed by atoms with E-state index in [1.165, 1.54) is 0 Å². The normalized spacial score (nSPS) is 10.2. The molecule has 0 aliphatic heterocycles. The number of ether oxygens (including phenoxy) is 1. The summed E-state index contributed by atoms with van der Waals surface area (Å²) in [6.45, 7) is 1.10. The van der Waals surface area contributed by atoms with Crippen molar-refractivity contribution in [2.75, 3.05) is 5.73 Å². The first-order chi connectivity index (χ1) is 8.28. The van der Waals surface area contributed by atoms with Crippen molar-refractivity contribution in [3.63, 3.8) is 0 Å². The van der Waals surface area contributed by atoms with Crippen LogP contribution >= 0.6 is 0 Å². The summed E-state index contributed by atoms with van der Waals surface area (Å²) < 4.78 is 5.65. The average molecular weight is 228 g/mol. The molecule has 0 saturated carbocycles. The van der Waals surface area contributed by atoms with Crippen LogP contribution in [0.4, 0.5) is 5.69 Å². The van der Waals surface area contributed by atoms with E-state index < -0.39 is 0 Å². The van der Waals surface area contributed by atoms with Crippen molar-refractivity contribution in [2.24, 2.45) is 5.73 Å². The first-order valence-corrected chi connectivity index (χ1v) is 5.54. The Morgan fingerprint density at radius 1 is 0.824 bits per heavy atom. The molecule has 2 aromatic carbocycles. The topological polar surface area (TPSA) is 61.3 Å². The number of nitrogens with two attached hydrogens (primary N) is 2. The number of rotatable bonds is 4. The number of anilines is 1. The molecule has 0 atom stereocenters. The highest BCUT2D eigenvalue weighted by Crippen LogP contribution is 2.14. The van der Waals surface area contributed by atoms with Crippen molar-refractivity contribution < 1.29 is 4.74 Å². The summed E-state index contributed by atoms with van der Waals surface area (Å²) in [7, 11) is 0. The predicted octanol–water partition coefficient (Wildman–Crippen LogP) is 2.31. The Hall–Kier alpha value is -2.00. The van der Waals surface area contributed by atoms with Crippen molar-refractivity contribution in [1.29, 1.82) is 0 Å². The molecular formula is C14H16N2O. The van der Waals surface area contributed by atoms with Gasteiger partial charge >= 0.3 is 0 Å². The van der Waals surface area contributed by atoms with E-state index in [9.17, 15) is 0 Å². The lowest BCUT2D eigenvalue weighted by Gasteiger charge is -2.07. The molecule has 2 rings (SSSR count). The molecule has 0 amide bonds. The summed E-state index contributed by atoms with van der Waals surface area (Å²) in [4.78, 5) is 0. The molecule has 0 radical (unpaired) electrons. The molecule has 0 saturated heterocycles. The van der Waals surface area contributed by atoms with E-state index in [1.807, 2.05) is 48.5 Å². The van der Waals surface area contributed by atoms with Crippen LogP contribution in [0, 0.1) is 0 Å². The minimum absolute atomic E-state index is 0.544. The van der Waals surface area contributed by atoms with Crippen molar-refractivity contribution in [1.82, 2.24) is 0 Å². The minimum Gasteiger partial charge on any atom is -0.489 e. The van der Waals surface area contributed by atoms with Gasteiger partial charge in [0.05, 0.1) is 0 Å². The maximum absolute atomic E-state index is 5.65. The van der Waals surface area contributed by atoms with E-state index in [-0.39, 0.29) is 0 Å². The van der Waals surface area contributed by atoms with Gasteiger partial charge in [-0.2, -0.15) is 0 Å². The fraction of sp³-hybridized carbons (Fsp3) is 0.143. The van der Waals surface area contributed by atoms with Crippen LogP contribution in [-0.2, 0) is 13.2 Å². The standard InChI is InChI=1S/C14H16N2O/c15-9-11-3-7-14(8-4-11)17-10-12-1-5-13(16)6-2-12/h1-8H,9-10,15-16H2. The van der Waals surface area contributed by atoms with Crippen molar-refractivity contribution in [2.45, 2.75) is 13.2 Å². The first kappa shape index (κ1) is 11.5. The van der Waals surface area contributed by atoms with Crippen molar-refractivity contribution in [3.8, 4) is 5.75 Å². The molecule has 0 aliphatic rings. The van der Waals surface area contributed by atoms with Crippen molar-refractivity contribution in [3.05, 3.63) is 59.7 Å². The highest BCUT2D eigenvalue weighted by Gasteiger charge is 1.96. The number of nitrogen functional groups attached to an aromatic ring is 1. The first-order valence-electron chi connectivity index (χ1n) is 5.54. The molecular weight excluding hydrogens is 212 g/mol. The second kappa shape index (κ2) is 5.37. The third-order valence-electron chi connectivity index (χ3n) is 2.54. The van der Waals surface area contributed by atoms with Gasteiger partial charge < -0.3 is 16.2 Å². The SMILES string of the molecule is NCc1ccc(OCc2ccc(N)cc2)cc1. The molecule has 0 bridgehead atoms. The van der Waals surface area contributed by atoms with Gasteiger partial charge in [-0.25, -0.2) is 0 Å². The van der Waals surface area contributed by atoms with Gasteiger partial charge in [0.1, 0.15) is 12.4 Å². The molecule has 0 aliphatic carbocycles. The second-order valence-corrected chi connectivity index (χ2v) is 3.88. The van der Waals surface area contributed by atoms with E-state index in [0.717, 1.165) is 22.6 Å². The third kappa shape index (κ3) is 3.23. The maximum atomic E-state index is 5.65. The summed E-state index contributed by atoms with van der Waals surface area (Å²) >= 11 is 0. The quantitative estimate of drug-likeness (QED) is 0.789. The molecule has 0 spiro atoms. The number of hydrogen-bond donors (Lipinski definition) is 2. The van der Waals surface area contributed by atoms with E-state index in [2.05, 4.69) is 0 Å². The van der Waals surface area contributed by atoms with Crippen LogP contribution in [0.5, 0.6) is 5.75 Å². The van der Waals surface area contributed by atoms with Gasteiger partial charge in [0.15, 0.2) is 0 Å². The predicted molar refractivity (Wildman–Crippen MR) is 69.5 cm³/mol. The number of benzene rings is 2. The van der Waals surface area contributed by atoms with Crippen LogP contribution < -0.4 is 16.2 Å². The van der Waals surface area contributed by atoms with Crippen LogP contribution in [0.3, 0.4) is 0 Å². The Labute approximate surface area is 101 Å². The Kier molecular flexibility index (Phi) is 3.62. The summed E-state index contributed by atoms with van der Waals surface area (Å²) in [6.07, 6.45) is 0. The van der Waals surface area contributed by atoms with Gasteiger partial charge in [-0.1, -0.05) is 24.3 Å². The number of hydrogen-bond acceptors (Lipinski definition) is 3. The summed E-state index contributed by atoms with van der Waals surface area (Å²) in [5.74, 6) is 0.846. The van der Waals surface area contributed by atoms with Crippen LogP contribution in [0.2, 0.25) is 0 Å². The zero-order valence-corrected chi connectivity index (χ0v) is 9.60. The minimum atomic E-state index is 0.544. The monoisotopic (exact) mass is 228 g/mol. The molecule has 17 heavy (non-hydrogen) atoms. The summed E-state index contributed by atoms with van der Waals surface area (Å²) in [5, 5.41) is 0. The zero-order chi connectivity index (χ0) is 12.1.